The summed E-state index contributed by atoms with van der Waals surface area (Å²) in [5.41, 5.74) is 3.25. The van der Waals surface area contributed by atoms with Gasteiger partial charge in [0.25, 0.3) is 5.92 Å². The summed E-state index contributed by atoms with van der Waals surface area (Å²) in [4.78, 5) is 4.47. The number of anilines is 1. The van der Waals surface area contributed by atoms with Crippen LogP contribution in [0.15, 0.2) is 24.7 Å². The van der Waals surface area contributed by atoms with Crippen LogP contribution in [0.5, 0.6) is 0 Å². The molecule has 5 rings (SSSR count). The molecule has 0 spiro atoms. The minimum absolute atomic E-state index is 0.0131. The number of hydrogen-bond acceptors (Lipinski definition) is 6. The van der Waals surface area contributed by atoms with Gasteiger partial charge in [-0.25, -0.2) is 18.3 Å². The Morgan fingerprint density at radius 2 is 2.09 bits per heavy atom. The van der Waals surface area contributed by atoms with Crippen LogP contribution in [-0.4, -0.2) is 61.3 Å². The largest absolute Gasteiger partial charge is 0.387 e. The molecule has 2 aliphatic carbocycles. The molecule has 0 aromatic carbocycles. The lowest BCUT2D eigenvalue weighted by molar-refractivity contribution is -0.136. The van der Waals surface area contributed by atoms with Gasteiger partial charge in [-0.2, -0.15) is 5.10 Å². The van der Waals surface area contributed by atoms with Crippen molar-refractivity contribution < 1.29 is 18.6 Å². The Kier molecular flexibility index (Phi) is 5.82. The van der Waals surface area contributed by atoms with E-state index in [0.29, 0.717) is 30.7 Å². The van der Waals surface area contributed by atoms with E-state index < -0.39 is 24.4 Å². The predicted molar refractivity (Wildman–Crippen MR) is 120 cm³/mol. The third kappa shape index (κ3) is 4.21. The number of aromatic nitrogens is 5. The fraction of sp³-hybridized carbons (Fsp3) is 0.609. The minimum atomic E-state index is -3.12. The van der Waals surface area contributed by atoms with Crippen LogP contribution in [0.3, 0.4) is 0 Å². The molecule has 33 heavy (non-hydrogen) atoms. The van der Waals surface area contributed by atoms with Crippen LogP contribution in [0.4, 0.5) is 14.7 Å². The highest BCUT2D eigenvalue weighted by Gasteiger charge is 2.45. The number of ether oxygens (including phenoxy) is 1. The Morgan fingerprint density at radius 1 is 1.27 bits per heavy atom. The van der Waals surface area contributed by atoms with Gasteiger partial charge in [0.05, 0.1) is 30.6 Å². The van der Waals surface area contributed by atoms with Crippen LogP contribution in [0.2, 0.25) is 0 Å². The maximum Gasteiger partial charge on any atom is 0.274 e. The quantitative estimate of drug-likeness (QED) is 0.553. The number of methoxy groups -OCH3 is 1. The van der Waals surface area contributed by atoms with E-state index in [1.807, 2.05) is 30.1 Å². The first-order valence-corrected chi connectivity index (χ1v) is 11.6. The second-order valence-electron chi connectivity index (χ2n) is 9.41. The molecule has 3 aromatic rings. The first-order valence-electron chi connectivity index (χ1n) is 11.6. The van der Waals surface area contributed by atoms with Crippen LogP contribution in [-0.2, 0) is 4.74 Å². The van der Waals surface area contributed by atoms with Gasteiger partial charge in [-0.15, -0.1) is 5.10 Å². The van der Waals surface area contributed by atoms with Gasteiger partial charge in [-0.05, 0) is 45.1 Å². The van der Waals surface area contributed by atoms with Crippen LogP contribution >= 0.6 is 0 Å². The highest BCUT2D eigenvalue weighted by molar-refractivity contribution is 5.81. The Labute approximate surface area is 191 Å². The SMILES string of the molecule is COC[C@H](C)Nc1ncc2c(-c3cnn(C4CCC4)c3)cc([C@H]3CC[C@H](O)C(F)(F)C3)n2n1. The number of nitrogens with zero attached hydrogens (tertiary/aromatic N) is 5. The third-order valence-corrected chi connectivity index (χ3v) is 6.91. The van der Waals surface area contributed by atoms with Crippen LogP contribution < -0.4 is 5.32 Å². The van der Waals surface area contributed by atoms with E-state index >= 15 is 0 Å². The molecule has 2 saturated carbocycles. The minimum Gasteiger partial charge on any atom is -0.387 e. The zero-order valence-electron chi connectivity index (χ0n) is 18.9. The molecule has 2 fully saturated rings. The number of alkyl halides is 2. The molecule has 178 valence electrons. The summed E-state index contributed by atoms with van der Waals surface area (Å²) < 4.78 is 37.7. The first kappa shape index (κ1) is 22.2. The number of aliphatic hydroxyl groups excluding tert-OH is 1. The van der Waals surface area contributed by atoms with Crippen molar-refractivity contribution in [3.05, 3.63) is 30.4 Å². The van der Waals surface area contributed by atoms with Crippen molar-refractivity contribution >= 4 is 11.5 Å². The molecule has 0 amide bonds. The van der Waals surface area contributed by atoms with Gasteiger partial charge in [-0.3, -0.25) is 4.68 Å². The second-order valence-corrected chi connectivity index (χ2v) is 9.41. The highest BCUT2D eigenvalue weighted by atomic mass is 19.3. The Bertz CT molecular complexity index is 1130. The van der Waals surface area contributed by atoms with Gasteiger partial charge in [0, 0.05) is 48.5 Å². The van der Waals surface area contributed by atoms with Gasteiger partial charge in [0.1, 0.15) is 6.10 Å². The topological polar surface area (TPSA) is 89.5 Å². The zero-order chi connectivity index (χ0) is 23.2. The highest BCUT2D eigenvalue weighted by Crippen LogP contribution is 2.44. The molecule has 0 saturated heterocycles. The van der Waals surface area contributed by atoms with Gasteiger partial charge in [0.15, 0.2) is 0 Å². The van der Waals surface area contributed by atoms with Crippen LogP contribution in [0, 0.1) is 0 Å². The molecule has 10 heteroatoms. The molecule has 3 aromatic heterocycles. The first-order chi connectivity index (χ1) is 15.9. The summed E-state index contributed by atoms with van der Waals surface area (Å²) >= 11 is 0. The van der Waals surface area contributed by atoms with Crippen molar-refractivity contribution in [3.63, 3.8) is 0 Å². The predicted octanol–water partition coefficient (Wildman–Crippen LogP) is 4.03. The van der Waals surface area contributed by atoms with E-state index in [4.69, 9.17) is 4.74 Å². The molecule has 3 heterocycles. The van der Waals surface area contributed by atoms with E-state index in [9.17, 15) is 13.9 Å². The molecule has 3 atom stereocenters. The van der Waals surface area contributed by atoms with Gasteiger partial charge < -0.3 is 15.2 Å². The standard InChI is InChI=1S/C23H30F2N6O2/c1-14(13-33-2)28-22-26-11-20-18(16-10-27-30(12-16)17-4-3-5-17)8-19(31(20)29-22)15-6-7-21(32)23(24,25)9-15/h8,10-12,14-15,17,21,32H,3-7,9,13H2,1-2H3,(H,28,29)/t14-,15-,21-/m0/s1. The molecular formula is C23H30F2N6O2. The lowest BCUT2D eigenvalue weighted by Crippen LogP contribution is -2.39. The summed E-state index contributed by atoms with van der Waals surface area (Å²) in [5.74, 6) is -3.14. The van der Waals surface area contributed by atoms with E-state index in [2.05, 4.69) is 20.5 Å². The number of fused-ring (bicyclic) bond motifs is 1. The Balaban J connectivity index is 1.55. The number of rotatable bonds is 7. The summed E-state index contributed by atoms with van der Waals surface area (Å²) in [7, 11) is 1.63. The summed E-state index contributed by atoms with van der Waals surface area (Å²) in [6, 6.07) is 2.35. The Hall–Kier alpha value is -2.59. The normalized spacial score (nSPS) is 24.0. The molecule has 2 aliphatic rings. The summed E-state index contributed by atoms with van der Waals surface area (Å²) in [6.45, 7) is 2.44. The van der Waals surface area contributed by atoms with E-state index in [1.54, 1.807) is 17.8 Å². The Morgan fingerprint density at radius 3 is 2.79 bits per heavy atom. The average Bonchev–Trinajstić information content (AvgIpc) is 3.33. The molecule has 0 aliphatic heterocycles. The smallest absolute Gasteiger partial charge is 0.274 e. The maximum absolute atomic E-state index is 14.4. The number of hydrogen-bond donors (Lipinski definition) is 2. The monoisotopic (exact) mass is 460 g/mol. The maximum atomic E-state index is 14.4. The number of nitrogens with one attached hydrogen (secondary N) is 1. The van der Waals surface area contributed by atoms with Gasteiger partial charge in [0.2, 0.25) is 5.95 Å². The summed E-state index contributed by atoms with van der Waals surface area (Å²) in [5, 5.41) is 22.2. The van der Waals surface area contributed by atoms with Crippen LogP contribution in [0.1, 0.15) is 63.1 Å². The van der Waals surface area contributed by atoms with Crippen LogP contribution in [0.25, 0.3) is 16.6 Å². The lowest BCUT2D eigenvalue weighted by Gasteiger charge is -2.32. The summed E-state index contributed by atoms with van der Waals surface area (Å²) in [6.07, 6.45) is 7.56. The fourth-order valence-electron chi connectivity index (χ4n) is 4.83. The van der Waals surface area contributed by atoms with E-state index in [0.717, 1.165) is 29.5 Å². The van der Waals surface area contributed by atoms with E-state index in [1.165, 1.54) is 6.42 Å². The second kappa shape index (κ2) is 8.64. The van der Waals surface area contributed by atoms with Crippen molar-refractivity contribution in [2.75, 3.05) is 19.0 Å². The van der Waals surface area contributed by atoms with Crippen molar-refractivity contribution in [1.82, 2.24) is 24.4 Å². The molecule has 0 radical (unpaired) electrons. The zero-order valence-corrected chi connectivity index (χ0v) is 18.9. The molecule has 0 bridgehead atoms. The van der Waals surface area contributed by atoms with E-state index in [-0.39, 0.29) is 12.5 Å². The van der Waals surface area contributed by atoms with Crippen molar-refractivity contribution in [1.29, 1.82) is 0 Å². The molecule has 8 nitrogen and oxygen atoms in total. The van der Waals surface area contributed by atoms with Crippen molar-refractivity contribution in [2.24, 2.45) is 0 Å². The number of aliphatic hydroxyl groups is 1. The molecular weight excluding hydrogens is 430 g/mol. The third-order valence-electron chi connectivity index (χ3n) is 6.91. The van der Waals surface area contributed by atoms with Gasteiger partial charge in [-0.1, -0.05) is 0 Å². The molecule has 2 N–H and O–H groups in total. The number of halogens is 2. The van der Waals surface area contributed by atoms with Crippen molar-refractivity contribution in [3.8, 4) is 11.1 Å². The van der Waals surface area contributed by atoms with Crippen molar-refractivity contribution in [2.45, 2.75) is 75.5 Å². The van der Waals surface area contributed by atoms with Gasteiger partial charge >= 0.3 is 0 Å². The lowest BCUT2D eigenvalue weighted by atomic mass is 9.82. The average molecular weight is 461 g/mol. The molecule has 0 unspecified atom stereocenters. The fourth-order valence-corrected chi connectivity index (χ4v) is 4.83.